The van der Waals surface area contributed by atoms with Crippen LogP contribution >= 0.6 is 11.3 Å². The van der Waals surface area contributed by atoms with Crippen LogP contribution in [-0.4, -0.2) is 37.6 Å². The summed E-state index contributed by atoms with van der Waals surface area (Å²) in [5, 5.41) is 1.90. The molecule has 0 unspecified atom stereocenters. The summed E-state index contributed by atoms with van der Waals surface area (Å²) in [6.45, 7) is 1.05. The highest BCUT2D eigenvalue weighted by Gasteiger charge is 2.27. The maximum absolute atomic E-state index is 12.5. The summed E-state index contributed by atoms with van der Waals surface area (Å²) in [5.74, 6) is -0.997. The van der Waals surface area contributed by atoms with E-state index in [2.05, 4.69) is 10.9 Å². The number of sulfonamides is 1. The Kier molecular flexibility index (Phi) is 6.04. The quantitative estimate of drug-likeness (QED) is 0.588. The normalized spacial score (nSPS) is 15.1. The number of thiophene rings is 1. The number of carbonyl (C=O) groups excluding carboxylic acids is 2. The predicted octanol–water partition coefficient (Wildman–Crippen LogP) is 2.01. The molecular formula is C18H19N3O4S2. The molecule has 0 atom stereocenters. The zero-order valence-electron chi connectivity index (χ0n) is 14.4. The van der Waals surface area contributed by atoms with Gasteiger partial charge in [0.15, 0.2) is 0 Å². The summed E-state index contributed by atoms with van der Waals surface area (Å²) < 4.78 is 26.4. The topological polar surface area (TPSA) is 95.6 Å². The first-order chi connectivity index (χ1) is 13.0. The molecular weight excluding hydrogens is 386 g/mol. The second-order valence-corrected chi connectivity index (χ2v) is 8.84. The molecule has 27 heavy (non-hydrogen) atoms. The molecule has 0 saturated carbocycles. The van der Waals surface area contributed by atoms with Crippen LogP contribution in [-0.2, 0) is 14.8 Å². The van der Waals surface area contributed by atoms with Crippen molar-refractivity contribution in [3.05, 3.63) is 58.3 Å². The van der Waals surface area contributed by atoms with Gasteiger partial charge in [-0.05, 0) is 54.6 Å². The number of hydrazine groups is 1. The number of carbonyl (C=O) groups is 2. The molecule has 2 aromatic rings. The van der Waals surface area contributed by atoms with E-state index in [0.717, 1.165) is 17.7 Å². The van der Waals surface area contributed by atoms with E-state index in [1.54, 1.807) is 6.08 Å². The lowest BCUT2D eigenvalue weighted by Crippen LogP contribution is -2.40. The molecule has 1 aliphatic rings. The first-order valence-corrected chi connectivity index (χ1v) is 10.7. The number of hydrogen-bond donors (Lipinski definition) is 2. The van der Waals surface area contributed by atoms with Gasteiger partial charge in [0.1, 0.15) is 0 Å². The Morgan fingerprint density at radius 3 is 2.37 bits per heavy atom. The van der Waals surface area contributed by atoms with Crippen molar-refractivity contribution < 1.29 is 18.0 Å². The number of nitrogens with zero attached hydrogens (tertiary/aromatic N) is 1. The number of nitrogens with one attached hydrogen (secondary N) is 2. The summed E-state index contributed by atoms with van der Waals surface area (Å²) in [5.41, 5.74) is 4.83. The van der Waals surface area contributed by atoms with Gasteiger partial charge < -0.3 is 0 Å². The Balaban J connectivity index is 1.56. The van der Waals surface area contributed by atoms with E-state index < -0.39 is 21.8 Å². The minimum absolute atomic E-state index is 0.156. The lowest BCUT2D eigenvalue weighted by atomic mass is 10.2. The third-order valence-electron chi connectivity index (χ3n) is 4.06. The average molecular weight is 406 g/mol. The number of hydrogen-bond acceptors (Lipinski definition) is 5. The second-order valence-electron chi connectivity index (χ2n) is 5.93. The maximum Gasteiger partial charge on any atom is 0.269 e. The van der Waals surface area contributed by atoms with Crippen molar-refractivity contribution in [2.75, 3.05) is 13.1 Å². The molecule has 0 radical (unpaired) electrons. The zero-order chi connectivity index (χ0) is 19.3. The molecule has 142 valence electrons. The standard InChI is InChI=1S/C18H19N3O4S2/c22-17(10-7-15-4-3-13-26-15)19-20-18(23)14-5-8-16(9-6-14)27(24,25)21-11-1-2-12-21/h3-10,13H,1-2,11-12H2,(H,19,22)(H,20,23)/b10-7+. The molecule has 0 spiro atoms. The molecule has 0 aliphatic carbocycles. The summed E-state index contributed by atoms with van der Waals surface area (Å²) in [6.07, 6.45) is 4.68. The van der Waals surface area contributed by atoms with E-state index in [-0.39, 0.29) is 10.5 Å². The van der Waals surface area contributed by atoms with Crippen molar-refractivity contribution in [1.82, 2.24) is 15.2 Å². The number of amides is 2. The van der Waals surface area contributed by atoms with Crippen LogP contribution in [0, 0.1) is 0 Å². The molecule has 1 aromatic carbocycles. The SMILES string of the molecule is O=C(/C=C/c1cccs1)NNC(=O)c1ccc(S(=O)(=O)N2CCCC2)cc1. The third kappa shape index (κ3) is 4.82. The monoisotopic (exact) mass is 405 g/mol. The maximum atomic E-state index is 12.5. The average Bonchev–Trinajstić information content (AvgIpc) is 3.38. The molecule has 1 aromatic heterocycles. The van der Waals surface area contributed by atoms with Crippen molar-refractivity contribution >= 4 is 39.3 Å². The van der Waals surface area contributed by atoms with Crippen LogP contribution < -0.4 is 10.9 Å². The number of benzene rings is 1. The molecule has 9 heteroatoms. The van der Waals surface area contributed by atoms with E-state index in [0.29, 0.717) is 13.1 Å². The van der Waals surface area contributed by atoms with E-state index in [9.17, 15) is 18.0 Å². The Labute approximate surface area is 161 Å². The van der Waals surface area contributed by atoms with E-state index in [4.69, 9.17) is 0 Å². The smallest absolute Gasteiger partial charge is 0.268 e. The lowest BCUT2D eigenvalue weighted by molar-refractivity contribution is -0.117. The van der Waals surface area contributed by atoms with Crippen LogP contribution in [0.4, 0.5) is 0 Å². The highest BCUT2D eigenvalue weighted by atomic mass is 32.2. The first kappa shape index (κ1) is 19.3. The Bertz CT molecular complexity index is 929. The zero-order valence-corrected chi connectivity index (χ0v) is 16.1. The largest absolute Gasteiger partial charge is 0.269 e. The van der Waals surface area contributed by atoms with Gasteiger partial charge in [-0.3, -0.25) is 20.4 Å². The molecule has 7 nitrogen and oxygen atoms in total. The van der Waals surface area contributed by atoms with Crippen molar-refractivity contribution in [2.45, 2.75) is 17.7 Å². The van der Waals surface area contributed by atoms with Crippen molar-refractivity contribution in [3.63, 3.8) is 0 Å². The van der Waals surface area contributed by atoms with Crippen molar-refractivity contribution in [3.8, 4) is 0 Å². The summed E-state index contributed by atoms with van der Waals surface area (Å²) >= 11 is 1.49. The molecule has 1 fully saturated rings. The predicted molar refractivity (Wildman–Crippen MR) is 103 cm³/mol. The van der Waals surface area contributed by atoms with E-state index >= 15 is 0 Å². The van der Waals surface area contributed by atoms with Crippen LogP contribution in [0.2, 0.25) is 0 Å². The molecule has 2 N–H and O–H groups in total. The van der Waals surface area contributed by atoms with Gasteiger partial charge >= 0.3 is 0 Å². The highest BCUT2D eigenvalue weighted by Crippen LogP contribution is 2.21. The Hall–Kier alpha value is -2.49. The third-order valence-corrected chi connectivity index (χ3v) is 6.81. The van der Waals surface area contributed by atoms with E-state index in [1.807, 2.05) is 17.5 Å². The number of rotatable bonds is 5. The van der Waals surface area contributed by atoms with Gasteiger partial charge in [0.25, 0.3) is 11.8 Å². The molecule has 0 bridgehead atoms. The van der Waals surface area contributed by atoms with Crippen LogP contribution in [0.25, 0.3) is 6.08 Å². The first-order valence-electron chi connectivity index (χ1n) is 8.39. The lowest BCUT2D eigenvalue weighted by Gasteiger charge is -2.15. The van der Waals surface area contributed by atoms with Gasteiger partial charge in [-0.1, -0.05) is 6.07 Å². The molecule has 2 heterocycles. The molecule has 2 amide bonds. The van der Waals surface area contributed by atoms with Gasteiger partial charge in [-0.25, -0.2) is 8.42 Å². The van der Waals surface area contributed by atoms with Crippen LogP contribution in [0.15, 0.2) is 52.7 Å². The fourth-order valence-electron chi connectivity index (χ4n) is 2.63. The van der Waals surface area contributed by atoms with Gasteiger partial charge in [0.2, 0.25) is 10.0 Å². The molecule has 1 saturated heterocycles. The van der Waals surface area contributed by atoms with Crippen molar-refractivity contribution in [1.29, 1.82) is 0 Å². The Morgan fingerprint density at radius 2 is 1.74 bits per heavy atom. The minimum atomic E-state index is -3.51. The van der Waals surface area contributed by atoms with Crippen LogP contribution in [0.3, 0.4) is 0 Å². The van der Waals surface area contributed by atoms with Gasteiger partial charge in [-0.15, -0.1) is 11.3 Å². The fraction of sp³-hybridized carbons (Fsp3) is 0.222. The Morgan fingerprint density at radius 1 is 1.04 bits per heavy atom. The van der Waals surface area contributed by atoms with Crippen LogP contribution in [0.5, 0.6) is 0 Å². The molecule has 1 aliphatic heterocycles. The van der Waals surface area contributed by atoms with Gasteiger partial charge in [0, 0.05) is 29.6 Å². The summed E-state index contributed by atoms with van der Waals surface area (Å²) in [7, 11) is -3.51. The minimum Gasteiger partial charge on any atom is -0.268 e. The summed E-state index contributed by atoms with van der Waals surface area (Å²) in [4.78, 5) is 24.9. The van der Waals surface area contributed by atoms with Gasteiger partial charge in [-0.2, -0.15) is 4.31 Å². The van der Waals surface area contributed by atoms with E-state index in [1.165, 1.54) is 46.0 Å². The van der Waals surface area contributed by atoms with Gasteiger partial charge in [0.05, 0.1) is 4.90 Å². The van der Waals surface area contributed by atoms with Crippen LogP contribution in [0.1, 0.15) is 28.1 Å². The molecule has 3 rings (SSSR count). The second kappa shape index (κ2) is 8.47. The highest BCUT2D eigenvalue weighted by molar-refractivity contribution is 7.89. The fourth-order valence-corrected chi connectivity index (χ4v) is 4.77. The van der Waals surface area contributed by atoms with Crippen molar-refractivity contribution in [2.24, 2.45) is 0 Å². The summed E-state index contributed by atoms with van der Waals surface area (Å²) in [6, 6.07) is 9.39.